The summed E-state index contributed by atoms with van der Waals surface area (Å²) in [6.45, 7) is 1.14. The normalized spacial score (nSPS) is 19.6. The third-order valence-corrected chi connectivity index (χ3v) is 4.97. The lowest BCUT2D eigenvalue weighted by atomic mass is 10.0. The minimum Gasteiger partial charge on any atom is -0.508 e. The Balaban J connectivity index is 1.53. The van der Waals surface area contributed by atoms with E-state index in [4.69, 9.17) is 0 Å². The fraction of sp³-hybridized carbons (Fsp3) is 0.316. The van der Waals surface area contributed by atoms with Gasteiger partial charge in [0.1, 0.15) is 5.75 Å². The Morgan fingerprint density at radius 1 is 1.17 bits per heavy atom. The summed E-state index contributed by atoms with van der Waals surface area (Å²) in [5.74, 6) is -1.23. The van der Waals surface area contributed by atoms with Crippen LogP contribution in [0.1, 0.15) is 29.4 Å². The van der Waals surface area contributed by atoms with E-state index >= 15 is 0 Å². The number of tetrazole rings is 1. The molecule has 1 aliphatic rings. The number of nitrogens with one attached hydrogen (secondary N) is 2. The summed E-state index contributed by atoms with van der Waals surface area (Å²) < 4.78 is 39.8. The number of hydrogen-bond acceptors (Lipinski definition) is 6. The van der Waals surface area contributed by atoms with Gasteiger partial charge in [-0.15, -0.1) is 5.10 Å². The van der Waals surface area contributed by atoms with Gasteiger partial charge in [0.15, 0.2) is 0 Å². The molecule has 2 heterocycles. The molecular weight excluding hydrogens is 385 g/mol. The number of phenols is 1. The first-order chi connectivity index (χ1) is 13.9. The molecule has 0 amide bonds. The molecule has 1 saturated heterocycles. The van der Waals surface area contributed by atoms with Crippen LogP contribution in [0.5, 0.6) is 5.75 Å². The summed E-state index contributed by atoms with van der Waals surface area (Å²) in [5.41, 5.74) is 1.75. The molecule has 2 atom stereocenters. The number of halogens is 3. The van der Waals surface area contributed by atoms with Gasteiger partial charge in [-0.1, -0.05) is 30.3 Å². The van der Waals surface area contributed by atoms with Gasteiger partial charge in [0.2, 0.25) is 0 Å². The van der Waals surface area contributed by atoms with E-state index in [1.54, 1.807) is 0 Å². The molecule has 3 aromatic rings. The lowest BCUT2D eigenvalue weighted by Gasteiger charge is -2.22. The van der Waals surface area contributed by atoms with Crippen molar-refractivity contribution in [2.75, 3.05) is 6.54 Å². The Morgan fingerprint density at radius 3 is 2.72 bits per heavy atom. The molecule has 4 rings (SSSR count). The van der Waals surface area contributed by atoms with Crippen LogP contribution in [0.3, 0.4) is 0 Å². The summed E-state index contributed by atoms with van der Waals surface area (Å²) in [6.07, 6.45) is -3.79. The van der Waals surface area contributed by atoms with Gasteiger partial charge in [0, 0.05) is 24.2 Å². The first-order valence-electron chi connectivity index (χ1n) is 9.13. The molecule has 0 aliphatic carbocycles. The molecule has 1 aliphatic heterocycles. The van der Waals surface area contributed by atoms with Gasteiger partial charge in [0.05, 0.1) is 5.69 Å². The van der Waals surface area contributed by atoms with Crippen molar-refractivity contribution < 1.29 is 18.3 Å². The van der Waals surface area contributed by atoms with Gasteiger partial charge in [-0.05, 0) is 47.2 Å². The number of benzene rings is 2. The minimum absolute atomic E-state index is 0.00917. The van der Waals surface area contributed by atoms with E-state index in [0.717, 1.165) is 18.5 Å². The SMILES string of the molecule is Oc1ccc(-n2nnnc2C(F)(F)F)cc1CN[C@@H]1CCN[C@@H]1c1ccccc1. The maximum Gasteiger partial charge on any atom is 0.453 e. The average Bonchev–Trinajstić information content (AvgIpc) is 3.37. The zero-order valence-electron chi connectivity index (χ0n) is 15.3. The molecule has 2 aromatic carbocycles. The molecule has 152 valence electrons. The molecule has 0 bridgehead atoms. The maximum absolute atomic E-state index is 13.1. The second-order valence-electron chi connectivity index (χ2n) is 6.84. The number of rotatable bonds is 5. The van der Waals surface area contributed by atoms with Crippen LogP contribution < -0.4 is 10.6 Å². The Labute approximate surface area is 164 Å². The summed E-state index contributed by atoms with van der Waals surface area (Å²) >= 11 is 0. The largest absolute Gasteiger partial charge is 0.508 e. The van der Waals surface area contributed by atoms with Gasteiger partial charge in [-0.3, -0.25) is 0 Å². The van der Waals surface area contributed by atoms with Crippen LogP contribution in [0.4, 0.5) is 13.2 Å². The van der Waals surface area contributed by atoms with Gasteiger partial charge in [0.25, 0.3) is 5.82 Å². The number of phenolic OH excluding ortho intramolecular Hbond substituents is 1. The van der Waals surface area contributed by atoms with Crippen molar-refractivity contribution in [3.05, 3.63) is 65.5 Å². The van der Waals surface area contributed by atoms with E-state index in [-0.39, 0.29) is 23.5 Å². The summed E-state index contributed by atoms with van der Waals surface area (Å²) in [5, 5.41) is 26.7. The molecule has 1 fully saturated rings. The third kappa shape index (κ3) is 4.08. The molecule has 7 nitrogen and oxygen atoms in total. The molecule has 0 saturated carbocycles. The van der Waals surface area contributed by atoms with Crippen molar-refractivity contribution in [1.82, 2.24) is 30.8 Å². The van der Waals surface area contributed by atoms with Crippen LogP contribution in [0.15, 0.2) is 48.5 Å². The quantitative estimate of drug-likeness (QED) is 0.606. The molecule has 0 spiro atoms. The van der Waals surface area contributed by atoms with Crippen molar-refractivity contribution in [3.8, 4) is 11.4 Å². The molecule has 3 N–H and O–H groups in total. The van der Waals surface area contributed by atoms with Crippen molar-refractivity contribution in [1.29, 1.82) is 0 Å². The highest BCUT2D eigenvalue weighted by molar-refractivity contribution is 5.43. The standard InChI is InChI=1S/C19H19F3N6O/c20-19(21,22)18-25-26-27-28(18)14-6-7-16(29)13(10-14)11-24-15-8-9-23-17(15)12-4-2-1-3-5-12/h1-7,10,15,17,23-24,29H,8-9,11H2/t15-,17-/m1/s1. The smallest absolute Gasteiger partial charge is 0.453 e. The number of aromatic nitrogens is 4. The Hall–Kier alpha value is -2.98. The highest BCUT2D eigenvalue weighted by Gasteiger charge is 2.38. The van der Waals surface area contributed by atoms with Crippen LogP contribution in [-0.4, -0.2) is 37.9 Å². The van der Waals surface area contributed by atoms with E-state index in [1.807, 2.05) is 30.3 Å². The monoisotopic (exact) mass is 404 g/mol. The van der Waals surface area contributed by atoms with Gasteiger partial charge in [-0.25, -0.2) is 0 Å². The fourth-order valence-corrected chi connectivity index (χ4v) is 3.56. The van der Waals surface area contributed by atoms with E-state index in [9.17, 15) is 18.3 Å². The van der Waals surface area contributed by atoms with Crippen molar-refractivity contribution in [2.24, 2.45) is 0 Å². The summed E-state index contributed by atoms with van der Waals surface area (Å²) in [6, 6.07) is 14.4. The number of alkyl halides is 3. The number of nitrogens with zero attached hydrogens (tertiary/aromatic N) is 4. The highest BCUT2D eigenvalue weighted by atomic mass is 19.4. The second kappa shape index (κ2) is 7.80. The first kappa shape index (κ1) is 19.3. The lowest BCUT2D eigenvalue weighted by Crippen LogP contribution is -2.34. The maximum atomic E-state index is 13.1. The predicted octanol–water partition coefficient (Wildman–Crippen LogP) is 2.58. The fourth-order valence-electron chi connectivity index (χ4n) is 3.56. The molecule has 29 heavy (non-hydrogen) atoms. The molecule has 10 heteroatoms. The van der Waals surface area contributed by atoms with Crippen LogP contribution in [0.2, 0.25) is 0 Å². The second-order valence-corrected chi connectivity index (χ2v) is 6.84. The van der Waals surface area contributed by atoms with E-state index < -0.39 is 12.0 Å². The summed E-state index contributed by atoms with van der Waals surface area (Å²) in [4.78, 5) is 0. The van der Waals surface area contributed by atoms with Gasteiger partial charge < -0.3 is 15.7 Å². The predicted molar refractivity (Wildman–Crippen MR) is 98.3 cm³/mol. The molecule has 1 aromatic heterocycles. The highest BCUT2D eigenvalue weighted by Crippen LogP contribution is 2.30. The first-order valence-corrected chi connectivity index (χ1v) is 9.13. The van der Waals surface area contributed by atoms with E-state index in [1.165, 1.54) is 18.2 Å². The van der Waals surface area contributed by atoms with E-state index in [0.29, 0.717) is 16.8 Å². The average molecular weight is 404 g/mol. The van der Waals surface area contributed by atoms with Crippen molar-refractivity contribution >= 4 is 0 Å². The van der Waals surface area contributed by atoms with Crippen molar-refractivity contribution in [2.45, 2.75) is 31.2 Å². The lowest BCUT2D eigenvalue weighted by molar-refractivity contribution is -0.146. The Bertz CT molecular complexity index is 976. The zero-order chi connectivity index (χ0) is 20.4. The molecule has 0 unspecified atom stereocenters. The number of hydrogen-bond donors (Lipinski definition) is 3. The van der Waals surface area contributed by atoms with Crippen LogP contribution >= 0.6 is 0 Å². The summed E-state index contributed by atoms with van der Waals surface area (Å²) in [7, 11) is 0. The Morgan fingerprint density at radius 2 is 1.97 bits per heavy atom. The Kier molecular flexibility index (Phi) is 5.20. The molecular formula is C19H19F3N6O. The minimum atomic E-state index is -4.68. The van der Waals surface area contributed by atoms with Gasteiger partial charge in [-0.2, -0.15) is 17.9 Å². The van der Waals surface area contributed by atoms with Gasteiger partial charge >= 0.3 is 6.18 Å². The zero-order valence-corrected chi connectivity index (χ0v) is 15.3. The number of aromatic hydroxyl groups is 1. The van der Waals surface area contributed by atoms with Crippen molar-refractivity contribution in [3.63, 3.8) is 0 Å². The topological polar surface area (TPSA) is 87.9 Å². The molecule has 0 radical (unpaired) electrons. The van der Waals surface area contributed by atoms with Crippen LogP contribution in [0, 0.1) is 0 Å². The third-order valence-electron chi connectivity index (χ3n) is 4.97. The van der Waals surface area contributed by atoms with E-state index in [2.05, 4.69) is 26.2 Å². The van der Waals surface area contributed by atoms with Crippen LogP contribution in [0.25, 0.3) is 5.69 Å². The van der Waals surface area contributed by atoms with Crippen LogP contribution in [-0.2, 0) is 12.7 Å².